The van der Waals surface area contributed by atoms with Crippen LogP contribution in [-0.2, 0) is 17.9 Å². The third-order valence-electron chi connectivity index (χ3n) is 2.97. The highest BCUT2D eigenvalue weighted by molar-refractivity contribution is 6.29. The van der Waals surface area contributed by atoms with Gasteiger partial charge >= 0.3 is 0 Å². The quantitative estimate of drug-likeness (QED) is 0.845. The molecular weight excluding hydrogens is 302 g/mol. The fraction of sp³-hybridized carbons (Fsp3) is 0.267. The standard InChI is InChI=1S/C15H18ClN5O/c1-12(16)7-8-21-10-13(18-19-21)9-20(11-15(17)22)14-5-3-2-4-6-14/h2-7,10H,8-9,11H2,1H3,(H2,17,22)/b12-7-. The second-order valence-corrected chi connectivity index (χ2v) is 5.48. The molecule has 0 bridgehead atoms. The second kappa shape index (κ2) is 7.61. The van der Waals surface area contributed by atoms with Gasteiger partial charge in [0.2, 0.25) is 5.91 Å². The molecule has 0 unspecified atom stereocenters. The van der Waals surface area contributed by atoms with Crippen LogP contribution in [0.2, 0.25) is 0 Å². The van der Waals surface area contributed by atoms with Crippen molar-refractivity contribution in [2.75, 3.05) is 11.4 Å². The summed E-state index contributed by atoms with van der Waals surface area (Å²) < 4.78 is 1.69. The van der Waals surface area contributed by atoms with Gasteiger partial charge in [0.1, 0.15) is 5.69 Å². The highest BCUT2D eigenvalue weighted by atomic mass is 35.5. The van der Waals surface area contributed by atoms with Gasteiger partial charge in [-0.1, -0.05) is 35.0 Å². The largest absolute Gasteiger partial charge is 0.368 e. The molecule has 1 aromatic carbocycles. The molecule has 1 heterocycles. The molecule has 2 rings (SSSR count). The van der Waals surface area contributed by atoms with Crippen LogP contribution in [0.25, 0.3) is 0 Å². The minimum atomic E-state index is -0.392. The third-order valence-corrected chi connectivity index (χ3v) is 3.12. The maximum Gasteiger partial charge on any atom is 0.236 e. The van der Waals surface area contributed by atoms with Crippen LogP contribution < -0.4 is 10.6 Å². The number of aromatic nitrogens is 3. The van der Waals surface area contributed by atoms with Crippen molar-refractivity contribution in [2.45, 2.75) is 20.0 Å². The van der Waals surface area contributed by atoms with Crippen LogP contribution in [0.3, 0.4) is 0 Å². The molecule has 7 heteroatoms. The van der Waals surface area contributed by atoms with E-state index in [-0.39, 0.29) is 6.54 Å². The van der Waals surface area contributed by atoms with Crippen molar-refractivity contribution in [3.8, 4) is 0 Å². The Hall–Kier alpha value is -2.34. The summed E-state index contributed by atoms with van der Waals surface area (Å²) in [5.41, 5.74) is 6.99. The molecule has 0 aliphatic heterocycles. The first-order chi connectivity index (χ1) is 10.5. The van der Waals surface area contributed by atoms with Crippen LogP contribution in [0.1, 0.15) is 12.6 Å². The molecule has 2 aromatic rings. The van der Waals surface area contributed by atoms with E-state index in [1.54, 1.807) is 4.68 Å². The number of halogens is 1. The van der Waals surface area contributed by atoms with Crippen LogP contribution in [0.5, 0.6) is 0 Å². The van der Waals surface area contributed by atoms with Gasteiger partial charge in [0.05, 0.1) is 25.8 Å². The van der Waals surface area contributed by atoms with E-state index in [4.69, 9.17) is 17.3 Å². The van der Waals surface area contributed by atoms with Gasteiger partial charge in [-0.25, -0.2) is 4.68 Å². The molecule has 0 radical (unpaired) electrons. The number of benzene rings is 1. The Labute approximate surface area is 134 Å². The molecule has 22 heavy (non-hydrogen) atoms. The number of anilines is 1. The first-order valence-electron chi connectivity index (χ1n) is 6.84. The lowest BCUT2D eigenvalue weighted by Crippen LogP contribution is -2.33. The predicted octanol–water partition coefficient (Wildman–Crippen LogP) is 1.91. The number of carbonyl (C=O) groups excluding carboxylic acids is 1. The first-order valence-corrected chi connectivity index (χ1v) is 7.22. The second-order valence-electron chi connectivity index (χ2n) is 4.88. The number of carbonyl (C=O) groups is 1. The summed E-state index contributed by atoms with van der Waals surface area (Å²) >= 11 is 5.80. The number of nitrogens with two attached hydrogens (primary N) is 1. The van der Waals surface area contributed by atoms with Gasteiger partial charge in [-0.2, -0.15) is 0 Å². The van der Waals surface area contributed by atoms with Gasteiger partial charge in [0, 0.05) is 10.7 Å². The molecule has 1 aromatic heterocycles. The summed E-state index contributed by atoms with van der Waals surface area (Å²) in [5.74, 6) is -0.392. The highest BCUT2D eigenvalue weighted by Gasteiger charge is 2.12. The minimum Gasteiger partial charge on any atom is -0.368 e. The summed E-state index contributed by atoms with van der Waals surface area (Å²) in [4.78, 5) is 13.1. The van der Waals surface area contributed by atoms with E-state index in [2.05, 4.69) is 10.3 Å². The molecule has 1 amide bonds. The Bertz CT molecular complexity index is 649. The monoisotopic (exact) mass is 319 g/mol. The van der Waals surface area contributed by atoms with E-state index in [1.807, 2.05) is 54.4 Å². The molecule has 2 N–H and O–H groups in total. The molecule has 0 spiro atoms. The number of para-hydroxylation sites is 1. The Morgan fingerprint density at radius 1 is 1.41 bits per heavy atom. The minimum absolute atomic E-state index is 0.123. The van der Waals surface area contributed by atoms with E-state index < -0.39 is 5.91 Å². The van der Waals surface area contributed by atoms with Gasteiger partial charge in [-0.15, -0.1) is 5.10 Å². The van der Waals surface area contributed by atoms with Crippen molar-refractivity contribution < 1.29 is 4.79 Å². The fourth-order valence-corrected chi connectivity index (χ4v) is 2.05. The van der Waals surface area contributed by atoms with Crippen molar-refractivity contribution in [1.82, 2.24) is 15.0 Å². The molecule has 116 valence electrons. The molecule has 0 saturated heterocycles. The zero-order valence-electron chi connectivity index (χ0n) is 12.3. The van der Waals surface area contributed by atoms with Crippen molar-refractivity contribution in [2.24, 2.45) is 5.73 Å². The smallest absolute Gasteiger partial charge is 0.236 e. The number of hydrogen-bond acceptors (Lipinski definition) is 4. The van der Waals surface area contributed by atoms with Crippen molar-refractivity contribution in [1.29, 1.82) is 0 Å². The molecule has 0 aliphatic rings. The van der Waals surface area contributed by atoms with Crippen LogP contribution in [0.15, 0.2) is 47.6 Å². The third kappa shape index (κ3) is 4.89. The summed E-state index contributed by atoms with van der Waals surface area (Å²) in [6.45, 7) is 2.95. The van der Waals surface area contributed by atoms with E-state index in [0.29, 0.717) is 18.1 Å². The Morgan fingerprint density at radius 3 is 2.77 bits per heavy atom. The fourth-order valence-electron chi connectivity index (χ4n) is 1.98. The van der Waals surface area contributed by atoms with Gasteiger partial charge in [0.25, 0.3) is 0 Å². The lowest BCUT2D eigenvalue weighted by Gasteiger charge is -2.21. The average Bonchev–Trinajstić information content (AvgIpc) is 2.92. The summed E-state index contributed by atoms with van der Waals surface area (Å²) in [5, 5.41) is 8.85. The number of allylic oxidation sites excluding steroid dienone is 2. The van der Waals surface area contributed by atoms with Gasteiger partial charge in [-0.3, -0.25) is 4.79 Å². The molecule has 0 fully saturated rings. The van der Waals surface area contributed by atoms with E-state index in [9.17, 15) is 4.79 Å². The number of amides is 1. The Morgan fingerprint density at radius 2 is 2.14 bits per heavy atom. The predicted molar refractivity (Wildman–Crippen MR) is 86.3 cm³/mol. The van der Waals surface area contributed by atoms with Crippen molar-refractivity contribution in [3.05, 3.63) is 53.3 Å². The summed E-state index contributed by atoms with van der Waals surface area (Å²) in [6.07, 6.45) is 3.67. The molecule has 0 atom stereocenters. The van der Waals surface area contributed by atoms with E-state index in [0.717, 1.165) is 11.4 Å². The lowest BCUT2D eigenvalue weighted by atomic mass is 10.2. The summed E-state index contributed by atoms with van der Waals surface area (Å²) in [7, 11) is 0. The van der Waals surface area contributed by atoms with Crippen molar-refractivity contribution in [3.63, 3.8) is 0 Å². The zero-order chi connectivity index (χ0) is 15.9. The number of hydrogen-bond donors (Lipinski definition) is 1. The van der Waals surface area contributed by atoms with Gasteiger partial charge in [-0.05, 0) is 25.1 Å². The van der Waals surface area contributed by atoms with Crippen LogP contribution in [0.4, 0.5) is 5.69 Å². The average molecular weight is 320 g/mol. The van der Waals surface area contributed by atoms with Gasteiger partial charge < -0.3 is 10.6 Å². The molecule has 0 aliphatic carbocycles. The zero-order valence-corrected chi connectivity index (χ0v) is 13.1. The van der Waals surface area contributed by atoms with Crippen LogP contribution in [-0.4, -0.2) is 27.4 Å². The Balaban J connectivity index is 2.10. The first kappa shape index (κ1) is 16.0. The summed E-state index contributed by atoms with van der Waals surface area (Å²) in [6, 6.07) is 9.59. The number of primary amides is 1. The van der Waals surface area contributed by atoms with E-state index >= 15 is 0 Å². The van der Waals surface area contributed by atoms with E-state index in [1.165, 1.54) is 0 Å². The van der Waals surface area contributed by atoms with Crippen LogP contribution in [0, 0.1) is 0 Å². The van der Waals surface area contributed by atoms with Gasteiger partial charge in [0.15, 0.2) is 0 Å². The normalized spacial score (nSPS) is 11.5. The maximum absolute atomic E-state index is 11.3. The Kier molecular flexibility index (Phi) is 5.55. The number of rotatable bonds is 7. The van der Waals surface area contributed by atoms with Crippen molar-refractivity contribution >= 4 is 23.2 Å². The number of nitrogens with zero attached hydrogens (tertiary/aromatic N) is 4. The molecular formula is C15H18ClN5O. The lowest BCUT2D eigenvalue weighted by molar-refractivity contribution is -0.116. The molecule has 0 saturated carbocycles. The highest BCUT2D eigenvalue weighted by Crippen LogP contribution is 2.15. The van der Waals surface area contributed by atoms with Crippen LogP contribution >= 0.6 is 11.6 Å². The SMILES string of the molecule is C/C(Cl)=C/Cn1cc(CN(CC(N)=O)c2ccccc2)nn1. The maximum atomic E-state index is 11.3. The topological polar surface area (TPSA) is 77.0 Å². The molecule has 6 nitrogen and oxygen atoms in total.